The molecule has 46 heavy (non-hydrogen) atoms. The van der Waals surface area contributed by atoms with Gasteiger partial charge in [0.2, 0.25) is 0 Å². The molecular formula is C46H60. The van der Waals surface area contributed by atoms with Crippen molar-refractivity contribution in [1.29, 1.82) is 0 Å². The van der Waals surface area contributed by atoms with Crippen LogP contribution >= 0.6 is 0 Å². The number of benzene rings is 4. The minimum atomic E-state index is 0.791. The van der Waals surface area contributed by atoms with Crippen LogP contribution in [0.5, 0.6) is 0 Å². The van der Waals surface area contributed by atoms with E-state index in [2.05, 4.69) is 125 Å². The van der Waals surface area contributed by atoms with Gasteiger partial charge in [-0.05, 0) is 132 Å². The normalized spacial score (nSPS) is 21.3. The summed E-state index contributed by atoms with van der Waals surface area (Å²) in [7, 11) is 0. The number of rotatable bonds is 10. The van der Waals surface area contributed by atoms with E-state index in [0.29, 0.717) is 0 Å². The topological polar surface area (TPSA) is 0 Å². The molecule has 0 heteroatoms. The monoisotopic (exact) mass is 612 g/mol. The van der Waals surface area contributed by atoms with Gasteiger partial charge in [0.15, 0.2) is 0 Å². The van der Waals surface area contributed by atoms with Crippen molar-refractivity contribution < 1.29 is 0 Å². The van der Waals surface area contributed by atoms with Crippen LogP contribution in [0.1, 0.15) is 139 Å². The van der Waals surface area contributed by atoms with Crippen molar-refractivity contribution in [3.63, 3.8) is 0 Å². The second kappa shape index (κ2) is 17.7. The Bertz CT molecular complexity index is 1280. The third-order valence-corrected chi connectivity index (χ3v) is 11.2. The highest BCUT2D eigenvalue weighted by molar-refractivity contribution is 5.65. The van der Waals surface area contributed by atoms with Crippen LogP contribution < -0.4 is 0 Å². The molecule has 0 amide bonds. The molecule has 0 aromatic heterocycles. The van der Waals surface area contributed by atoms with Crippen molar-refractivity contribution in [2.45, 2.75) is 129 Å². The number of aryl methyl sites for hydroxylation is 2. The van der Waals surface area contributed by atoms with E-state index in [1.54, 1.807) is 11.1 Å². The lowest BCUT2D eigenvalue weighted by atomic mass is 9.77. The molecule has 244 valence electrons. The Balaban J connectivity index is 0.000000181. The molecule has 0 aliphatic heterocycles. The van der Waals surface area contributed by atoms with Crippen molar-refractivity contribution in [2.24, 2.45) is 11.8 Å². The van der Waals surface area contributed by atoms with Crippen molar-refractivity contribution in [3.8, 4) is 22.3 Å². The van der Waals surface area contributed by atoms with Gasteiger partial charge in [-0.3, -0.25) is 0 Å². The fraction of sp³-hybridized carbons (Fsp3) is 0.478. The fourth-order valence-corrected chi connectivity index (χ4v) is 8.15. The molecule has 0 N–H and O–H groups in total. The number of hydrogen-bond acceptors (Lipinski definition) is 0. The zero-order valence-electron chi connectivity index (χ0n) is 29.4. The zero-order valence-corrected chi connectivity index (χ0v) is 29.4. The highest BCUT2D eigenvalue weighted by Gasteiger charge is 2.22. The van der Waals surface area contributed by atoms with Crippen LogP contribution in [0.4, 0.5) is 0 Å². The molecule has 6 rings (SSSR count). The standard InChI is InChI=1S/2C23H30/c2*1-3-5-19-8-12-21(13-9-19)23-16-14-22(15-17-23)20-10-6-18(4-2)7-11-20/h2*6-7,10-11,14-17,19,21H,3-5,8-9,12-13H2,1-2H3. The maximum absolute atomic E-state index is 2.37. The third kappa shape index (κ3) is 9.47. The maximum Gasteiger partial charge on any atom is -0.0162 e. The first-order valence-corrected chi connectivity index (χ1v) is 19.0. The molecule has 2 aliphatic rings. The molecule has 0 heterocycles. The molecule has 0 radical (unpaired) electrons. The molecule has 0 atom stereocenters. The summed E-state index contributed by atoms with van der Waals surface area (Å²) >= 11 is 0. The third-order valence-electron chi connectivity index (χ3n) is 11.2. The van der Waals surface area contributed by atoms with E-state index < -0.39 is 0 Å². The van der Waals surface area contributed by atoms with Crippen LogP contribution in [-0.2, 0) is 12.8 Å². The Morgan fingerprint density at radius 2 is 0.652 bits per heavy atom. The molecule has 4 aromatic carbocycles. The van der Waals surface area contributed by atoms with Gasteiger partial charge in [-0.1, -0.05) is 150 Å². The van der Waals surface area contributed by atoms with Crippen LogP contribution in [0.3, 0.4) is 0 Å². The van der Waals surface area contributed by atoms with Crippen LogP contribution in [0.15, 0.2) is 97.1 Å². The van der Waals surface area contributed by atoms with Gasteiger partial charge in [-0.2, -0.15) is 0 Å². The SMILES string of the molecule is CCCC1CCC(c2ccc(-c3ccc(CC)cc3)cc2)CC1.CCCC1CCC(c2ccc(-c3ccc(CC)cc3)cc2)CC1. The quantitative estimate of drug-likeness (QED) is 0.167. The first-order chi connectivity index (χ1) is 22.6. The molecule has 4 aromatic rings. The first-order valence-electron chi connectivity index (χ1n) is 19.0. The van der Waals surface area contributed by atoms with Gasteiger partial charge >= 0.3 is 0 Å². The Morgan fingerprint density at radius 1 is 0.370 bits per heavy atom. The van der Waals surface area contributed by atoms with Gasteiger partial charge in [-0.25, -0.2) is 0 Å². The summed E-state index contributed by atoms with van der Waals surface area (Å²) in [6, 6.07) is 36.7. The van der Waals surface area contributed by atoms with E-state index in [1.807, 2.05) is 0 Å². The zero-order chi connectivity index (χ0) is 32.1. The predicted molar refractivity (Wildman–Crippen MR) is 202 cm³/mol. The second-order valence-corrected chi connectivity index (χ2v) is 14.4. The van der Waals surface area contributed by atoms with Crippen LogP contribution in [0.2, 0.25) is 0 Å². The Hall–Kier alpha value is -3.12. The highest BCUT2D eigenvalue weighted by Crippen LogP contribution is 2.39. The Kier molecular flexibility index (Phi) is 13.2. The summed E-state index contributed by atoms with van der Waals surface area (Å²) in [6.07, 6.45) is 19.0. The van der Waals surface area contributed by atoms with E-state index in [1.165, 1.54) is 110 Å². The smallest absolute Gasteiger partial charge is 0.0162 e. The molecule has 0 bridgehead atoms. The van der Waals surface area contributed by atoms with Crippen molar-refractivity contribution >= 4 is 0 Å². The van der Waals surface area contributed by atoms with Gasteiger partial charge in [-0.15, -0.1) is 0 Å². The minimum Gasteiger partial charge on any atom is -0.0654 e. The van der Waals surface area contributed by atoms with Crippen LogP contribution in [0, 0.1) is 11.8 Å². The molecular weight excluding hydrogens is 553 g/mol. The van der Waals surface area contributed by atoms with Gasteiger partial charge in [0, 0.05) is 0 Å². The molecule has 2 fully saturated rings. The Morgan fingerprint density at radius 3 is 0.913 bits per heavy atom. The molecule has 2 saturated carbocycles. The summed E-state index contributed by atoms with van der Waals surface area (Å²) in [6.45, 7) is 9.05. The first kappa shape index (κ1) is 34.2. The maximum atomic E-state index is 2.37. The lowest BCUT2D eigenvalue weighted by Crippen LogP contribution is -2.13. The van der Waals surface area contributed by atoms with E-state index in [0.717, 1.165) is 36.5 Å². The molecule has 2 aliphatic carbocycles. The van der Waals surface area contributed by atoms with E-state index in [-0.39, 0.29) is 0 Å². The molecule has 0 unspecified atom stereocenters. The van der Waals surface area contributed by atoms with Crippen LogP contribution in [0.25, 0.3) is 22.3 Å². The predicted octanol–water partition coefficient (Wildman–Crippen LogP) is 14.0. The molecule has 0 saturated heterocycles. The summed E-state index contributed by atoms with van der Waals surface area (Å²) in [5.41, 5.74) is 11.3. The Labute approximate surface area is 282 Å². The van der Waals surface area contributed by atoms with Gasteiger partial charge in [0.1, 0.15) is 0 Å². The van der Waals surface area contributed by atoms with E-state index in [9.17, 15) is 0 Å². The fourth-order valence-electron chi connectivity index (χ4n) is 8.15. The summed E-state index contributed by atoms with van der Waals surface area (Å²) < 4.78 is 0. The number of hydrogen-bond donors (Lipinski definition) is 0. The largest absolute Gasteiger partial charge is 0.0654 e. The van der Waals surface area contributed by atoms with E-state index in [4.69, 9.17) is 0 Å². The average molecular weight is 613 g/mol. The highest BCUT2D eigenvalue weighted by atomic mass is 14.3. The van der Waals surface area contributed by atoms with Crippen molar-refractivity contribution in [3.05, 3.63) is 119 Å². The van der Waals surface area contributed by atoms with Gasteiger partial charge < -0.3 is 0 Å². The lowest BCUT2D eigenvalue weighted by molar-refractivity contribution is 0.308. The molecule has 0 nitrogen and oxygen atoms in total. The second-order valence-electron chi connectivity index (χ2n) is 14.4. The summed E-state index contributed by atoms with van der Waals surface area (Å²) in [4.78, 5) is 0. The van der Waals surface area contributed by atoms with Gasteiger partial charge in [0.25, 0.3) is 0 Å². The average Bonchev–Trinajstić information content (AvgIpc) is 3.13. The summed E-state index contributed by atoms with van der Waals surface area (Å²) in [5.74, 6) is 3.57. The van der Waals surface area contributed by atoms with Crippen LogP contribution in [-0.4, -0.2) is 0 Å². The van der Waals surface area contributed by atoms with Gasteiger partial charge in [0.05, 0.1) is 0 Å². The van der Waals surface area contributed by atoms with E-state index >= 15 is 0 Å². The summed E-state index contributed by atoms with van der Waals surface area (Å²) in [5, 5.41) is 0. The minimum absolute atomic E-state index is 0.791. The lowest BCUT2D eigenvalue weighted by Gasteiger charge is -2.28. The molecule has 0 spiro atoms. The van der Waals surface area contributed by atoms with Crippen molar-refractivity contribution in [1.82, 2.24) is 0 Å². The van der Waals surface area contributed by atoms with Crippen molar-refractivity contribution in [2.75, 3.05) is 0 Å².